The third-order valence-corrected chi connectivity index (χ3v) is 7.97. The molecule has 49 heavy (non-hydrogen) atoms. The molecule has 5 N–H and O–H groups in total. The quantitative estimate of drug-likeness (QED) is 0.102. The zero-order valence-electron chi connectivity index (χ0n) is 28.8. The van der Waals surface area contributed by atoms with Gasteiger partial charge in [0.25, 0.3) is 11.6 Å². The topological polar surface area (TPSA) is 208 Å². The largest absolute Gasteiger partial charge is 0.412 e. The van der Waals surface area contributed by atoms with Gasteiger partial charge in [-0.05, 0) is 63.4 Å². The average molecular weight is 698 g/mol. The molecule has 1 atom stereocenters. The van der Waals surface area contributed by atoms with Gasteiger partial charge in [0.05, 0.1) is 22.6 Å². The number of rotatable bonds is 12. The van der Waals surface area contributed by atoms with Crippen LogP contribution in [0.3, 0.4) is 0 Å². The lowest BCUT2D eigenvalue weighted by molar-refractivity contribution is -0.384. The Hall–Kier alpha value is -5.25. The summed E-state index contributed by atoms with van der Waals surface area (Å²) in [5.74, 6) is -2.56. The van der Waals surface area contributed by atoms with E-state index in [9.17, 15) is 29.3 Å². The number of hydrogen-bond donors (Lipinski definition) is 4. The molecule has 0 bridgehead atoms. The van der Waals surface area contributed by atoms with Gasteiger partial charge in [0, 0.05) is 47.8 Å². The number of nitrogens with zero attached hydrogens (tertiary/aromatic N) is 3. The number of primary amides is 1. The minimum atomic E-state index is -1.96. The highest BCUT2D eigenvalue weighted by atomic mass is 32.1. The molecule has 1 heterocycles. The second-order valence-corrected chi connectivity index (χ2v) is 14.5. The van der Waals surface area contributed by atoms with Crippen LogP contribution in [0.5, 0.6) is 0 Å². The van der Waals surface area contributed by atoms with Crippen molar-refractivity contribution in [3.05, 3.63) is 80.3 Å². The monoisotopic (exact) mass is 697 g/mol. The number of amides is 4. The van der Waals surface area contributed by atoms with Gasteiger partial charge in [0.15, 0.2) is 5.13 Å². The molecule has 3 rings (SSSR count). The number of thiazole rings is 1. The number of aryl methyl sites for hydroxylation is 2. The Balaban J connectivity index is 1.79. The van der Waals surface area contributed by atoms with E-state index >= 15 is 0 Å². The number of carbonyl (C=O) groups is 4. The number of carbonyl (C=O) groups excluding carboxylic acids is 4. The number of aromatic nitrogens is 1. The van der Waals surface area contributed by atoms with Gasteiger partial charge in [0.2, 0.25) is 5.91 Å². The minimum absolute atomic E-state index is 0.114. The predicted octanol–water partition coefficient (Wildman–Crippen LogP) is 5.80. The van der Waals surface area contributed by atoms with Gasteiger partial charge in [0.1, 0.15) is 0 Å². The van der Waals surface area contributed by atoms with E-state index in [4.69, 9.17) is 15.2 Å². The summed E-state index contributed by atoms with van der Waals surface area (Å²) in [6.07, 6.45) is -0.931. The summed E-state index contributed by atoms with van der Waals surface area (Å²) in [7, 11) is 1.62. The van der Waals surface area contributed by atoms with Gasteiger partial charge < -0.3 is 36.1 Å². The summed E-state index contributed by atoms with van der Waals surface area (Å²) in [6.45, 7) is 12.1. The Morgan fingerprint density at radius 3 is 2.08 bits per heavy atom. The summed E-state index contributed by atoms with van der Waals surface area (Å²) in [5, 5.41) is 19.8. The summed E-state index contributed by atoms with van der Waals surface area (Å²) < 4.78 is 11.1. The van der Waals surface area contributed by atoms with Crippen molar-refractivity contribution in [3.8, 4) is 0 Å². The lowest BCUT2D eigenvalue weighted by Gasteiger charge is -2.42. The Morgan fingerprint density at radius 1 is 0.959 bits per heavy atom. The third-order valence-electron chi connectivity index (χ3n) is 6.97. The number of alkyl carbamates (subject to hydrolysis) is 1. The number of benzene rings is 2. The van der Waals surface area contributed by atoms with Crippen molar-refractivity contribution in [3.63, 3.8) is 0 Å². The Kier molecular flexibility index (Phi) is 11.9. The van der Waals surface area contributed by atoms with E-state index in [2.05, 4.69) is 20.9 Å². The van der Waals surface area contributed by atoms with E-state index in [-0.39, 0.29) is 24.0 Å². The normalized spacial score (nSPS) is 12.7. The fraction of sp³-hybridized carbons (Fsp3) is 0.424. The number of anilines is 2. The van der Waals surface area contributed by atoms with Crippen molar-refractivity contribution < 1.29 is 33.6 Å². The number of nitrogens with two attached hydrogens (primary N) is 1. The first kappa shape index (κ1) is 38.2. The highest BCUT2D eigenvalue weighted by Gasteiger charge is 2.50. The first-order chi connectivity index (χ1) is 22.7. The molecule has 0 spiro atoms. The van der Waals surface area contributed by atoms with Crippen molar-refractivity contribution in [1.82, 2.24) is 15.2 Å². The van der Waals surface area contributed by atoms with Crippen molar-refractivity contribution in [2.24, 2.45) is 11.1 Å². The van der Waals surface area contributed by atoms with Gasteiger partial charge in [-0.25, -0.2) is 14.6 Å². The van der Waals surface area contributed by atoms with Gasteiger partial charge in [-0.15, -0.1) is 0 Å². The van der Waals surface area contributed by atoms with Crippen LogP contribution in [-0.4, -0.2) is 57.3 Å². The summed E-state index contributed by atoms with van der Waals surface area (Å²) in [5.41, 5.74) is 6.10. The molecular formula is C33H43N7O8S. The number of nitro groups is 1. The SMILES string of the molecule is CC(=O)Nc1nc(CCc2ccc(NC(OC(N)=O)(OC(=O)NC(C)(C)C)C(C)(C)C)cc2)c(CN(C)C(=O)c2ccc([N+](=O)[O-])cc2)s1. The molecule has 2 aromatic carbocycles. The molecule has 1 aromatic heterocycles. The second kappa shape index (κ2) is 15.3. The molecule has 1 unspecified atom stereocenters. The molecule has 0 fully saturated rings. The average Bonchev–Trinajstić information content (AvgIpc) is 3.34. The van der Waals surface area contributed by atoms with Crippen molar-refractivity contribution in [1.29, 1.82) is 0 Å². The smallest absolute Gasteiger partial charge is 0.387 e. The molecule has 0 aliphatic heterocycles. The predicted molar refractivity (Wildman–Crippen MR) is 185 cm³/mol. The number of nitro benzene ring substituents is 1. The first-order valence-corrected chi connectivity index (χ1v) is 16.1. The van der Waals surface area contributed by atoms with Crippen LogP contribution in [0.15, 0.2) is 48.5 Å². The van der Waals surface area contributed by atoms with Gasteiger partial charge in [-0.2, -0.15) is 0 Å². The van der Waals surface area contributed by atoms with Crippen LogP contribution in [-0.2, 0) is 33.7 Å². The van der Waals surface area contributed by atoms with Crippen molar-refractivity contribution in [2.75, 3.05) is 17.7 Å². The number of ether oxygens (including phenoxy) is 2. The van der Waals surface area contributed by atoms with E-state index in [1.54, 1.807) is 60.7 Å². The molecule has 0 aliphatic carbocycles. The van der Waals surface area contributed by atoms with Gasteiger partial charge in [-0.3, -0.25) is 19.7 Å². The molecule has 0 radical (unpaired) electrons. The van der Waals surface area contributed by atoms with Crippen LogP contribution in [0.25, 0.3) is 0 Å². The van der Waals surface area contributed by atoms with Gasteiger partial charge >= 0.3 is 18.1 Å². The summed E-state index contributed by atoms with van der Waals surface area (Å²) in [6, 6.07) is 12.5. The van der Waals surface area contributed by atoms with E-state index in [0.717, 1.165) is 10.4 Å². The standard InChI is InChI=1S/C33H43N7O8S/c1-20(41)35-29-36-25(26(49-29)19-39(8)27(42)22-12-16-24(17-13-22)40(45)46)18-11-21-9-14-23(15-10-21)37-33(31(2,3)4,47-28(34)43)48-30(44)38-32(5,6)7/h9-10,12-17,37H,11,18-19H2,1-8H3,(H2,34,43)(H,38,44)(H,35,36,41). The van der Waals surface area contributed by atoms with E-state index < -0.39 is 34.0 Å². The van der Waals surface area contributed by atoms with Crippen LogP contribution in [0.1, 0.15) is 75.0 Å². The molecule has 3 aromatic rings. The molecular weight excluding hydrogens is 654 g/mol. The molecule has 264 valence electrons. The summed E-state index contributed by atoms with van der Waals surface area (Å²) in [4.78, 5) is 66.9. The highest BCUT2D eigenvalue weighted by Crippen LogP contribution is 2.37. The lowest BCUT2D eigenvalue weighted by atomic mass is 9.90. The minimum Gasteiger partial charge on any atom is -0.387 e. The van der Waals surface area contributed by atoms with Gasteiger partial charge in [-0.1, -0.05) is 44.2 Å². The molecule has 16 heteroatoms. The highest BCUT2D eigenvalue weighted by molar-refractivity contribution is 7.15. The number of non-ortho nitro benzene ring substituents is 1. The molecule has 0 saturated carbocycles. The Labute approximate surface area is 288 Å². The summed E-state index contributed by atoms with van der Waals surface area (Å²) >= 11 is 1.26. The number of nitrogens with one attached hydrogen (secondary N) is 3. The fourth-order valence-corrected chi connectivity index (χ4v) is 5.62. The van der Waals surface area contributed by atoms with Crippen molar-refractivity contribution >= 4 is 51.8 Å². The van der Waals surface area contributed by atoms with E-state index in [0.29, 0.717) is 34.9 Å². The Morgan fingerprint density at radius 2 is 1.57 bits per heavy atom. The Bertz CT molecular complexity index is 1680. The van der Waals surface area contributed by atoms with Crippen LogP contribution in [0.2, 0.25) is 0 Å². The van der Waals surface area contributed by atoms with Crippen LogP contribution in [0.4, 0.5) is 26.1 Å². The lowest BCUT2D eigenvalue weighted by Crippen LogP contribution is -2.59. The fourth-order valence-electron chi connectivity index (χ4n) is 4.52. The van der Waals surface area contributed by atoms with E-state index in [1.165, 1.54) is 47.4 Å². The maximum absolute atomic E-state index is 13.1. The maximum Gasteiger partial charge on any atom is 0.412 e. The molecule has 4 amide bonds. The van der Waals surface area contributed by atoms with Crippen LogP contribution >= 0.6 is 11.3 Å². The third kappa shape index (κ3) is 10.9. The second-order valence-electron chi connectivity index (χ2n) is 13.4. The van der Waals surface area contributed by atoms with E-state index in [1.807, 2.05) is 12.1 Å². The van der Waals surface area contributed by atoms with Crippen molar-refractivity contribution in [2.45, 2.75) is 79.3 Å². The molecule has 0 saturated heterocycles. The maximum atomic E-state index is 13.1. The zero-order valence-corrected chi connectivity index (χ0v) is 29.6. The molecule has 15 nitrogen and oxygen atoms in total. The zero-order chi connectivity index (χ0) is 36.7. The van der Waals surface area contributed by atoms with Crippen LogP contribution in [0, 0.1) is 15.5 Å². The number of hydrogen-bond acceptors (Lipinski definition) is 11. The first-order valence-electron chi connectivity index (χ1n) is 15.3. The van der Waals surface area contributed by atoms with Crippen LogP contribution < -0.4 is 21.7 Å². The molecule has 0 aliphatic rings.